The minimum absolute atomic E-state index is 0.126. The Hall–Kier alpha value is -2.11. The second-order valence-corrected chi connectivity index (χ2v) is 3.85. The molecule has 0 atom stereocenters. The van der Waals surface area contributed by atoms with Crippen LogP contribution < -0.4 is 5.32 Å². The first-order valence-electron chi connectivity index (χ1n) is 5.38. The van der Waals surface area contributed by atoms with Gasteiger partial charge in [0.1, 0.15) is 0 Å². The van der Waals surface area contributed by atoms with E-state index in [1.165, 1.54) is 18.3 Å². The van der Waals surface area contributed by atoms with Gasteiger partial charge in [0.25, 0.3) is 0 Å². The van der Waals surface area contributed by atoms with Crippen molar-refractivity contribution in [3.63, 3.8) is 0 Å². The predicted octanol–water partition coefficient (Wildman–Crippen LogP) is 0.695. The third-order valence-corrected chi connectivity index (χ3v) is 2.58. The summed E-state index contributed by atoms with van der Waals surface area (Å²) in [6, 6.07) is 2.80. The van der Waals surface area contributed by atoms with Crippen LogP contribution in [0.3, 0.4) is 0 Å². The van der Waals surface area contributed by atoms with Crippen molar-refractivity contribution in [2.24, 2.45) is 0 Å². The van der Waals surface area contributed by atoms with Gasteiger partial charge in [-0.1, -0.05) is 0 Å². The number of rotatable bonds is 3. The number of pyridine rings is 1. The van der Waals surface area contributed by atoms with Gasteiger partial charge in [-0.25, -0.2) is 9.59 Å². The number of hydrogen-bond donors (Lipinski definition) is 2. The first kappa shape index (κ1) is 11.4. The lowest BCUT2D eigenvalue weighted by atomic mass is 10.2. The summed E-state index contributed by atoms with van der Waals surface area (Å²) in [5, 5.41) is 11.6. The summed E-state index contributed by atoms with van der Waals surface area (Å²) in [7, 11) is 0. The van der Waals surface area contributed by atoms with E-state index in [4.69, 9.17) is 5.11 Å². The van der Waals surface area contributed by atoms with Crippen LogP contribution in [0, 0.1) is 0 Å². The molecule has 1 aromatic rings. The van der Waals surface area contributed by atoms with Crippen molar-refractivity contribution in [1.82, 2.24) is 15.2 Å². The zero-order chi connectivity index (χ0) is 12.3. The van der Waals surface area contributed by atoms with Crippen molar-refractivity contribution in [2.45, 2.75) is 13.0 Å². The fraction of sp³-hybridized carbons (Fsp3) is 0.364. The number of nitrogens with one attached hydrogen (secondary N) is 1. The highest BCUT2D eigenvalue weighted by atomic mass is 16.4. The Bertz CT molecular complexity index is 447. The smallest absolute Gasteiger partial charge is 0.335 e. The van der Waals surface area contributed by atoms with E-state index in [1.54, 1.807) is 4.90 Å². The van der Waals surface area contributed by atoms with Gasteiger partial charge in [0.2, 0.25) is 0 Å². The number of urea groups is 1. The molecule has 1 aromatic heterocycles. The van der Waals surface area contributed by atoms with Crippen molar-refractivity contribution in [2.75, 3.05) is 13.1 Å². The number of carboxylic acids is 1. The number of nitrogens with zero attached hydrogens (tertiary/aromatic N) is 2. The number of carboxylic acid groups (broad SMARTS) is 1. The minimum Gasteiger partial charge on any atom is -0.478 e. The van der Waals surface area contributed by atoms with Crippen LogP contribution in [0.4, 0.5) is 4.79 Å². The molecule has 0 saturated carbocycles. The number of aromatic carboxylic acids is 1. The molecular weight excluding hydrogens is 222 g/mol. The summed E-state index contributed by atoms with van der Waals surface area (Å²) in [5.74, 6) is -0.989. The fourth-order valence-electron chi connectivity index (χ4n) is 1.72. The molecule has 6 nitrogen and oxygen atoms in total. The Labute approximate surface area is 98.3 Å². The topological polar surface area (TPSA) is 82.5 Å². The standard InChI is InChI=1S/C11H13N3O3/c15-10(16)8-2-4-12-9(6-8)7-14-5-1-3-13-11(14)17/h2,4,6H,1,3,5,7H2,(H,13,17)(H,15,16). The average molecular weight is 235 g/mol. The van der Waals surface area contributed by atoms with Crippen LogP contribution in [0.1, 0.15) is 22.5 Å². The molecule has 1 aliphatic heterocycles. The maximum Gasteiger partial charge on any atom is 0.335 e. The molecule has 0 bridgehead atoms. The van der Waals surface area contributed by atoms with Crippen LogP contribution >= 0.6 is 0 Å². The molecule has 1 saturated heterocycles. The third-order valence-electron chi connectivity index (χ3n) is 2.58. The molecule has 0 radical (unpaired) electrons. The van der Waals surface area contributed by atoms with Gasteiger partial charge >= 0.3 is 12.0 Å². The highest BCUT2D eigenvalue weighted by Gasteiger charge is 2.18. The number of carbonyl (C=O) groups is 2. The highest BCUT2D eigenvalue weighted by Crippen LogP contribution is 2.08. The number of carbonyl (C=O) groups excluding carboxylic acids is 1. The molecule has 1 aliphatic rings. The Morgan fingerprint density at radius 3 is 3.12 bits per heavy atom. The molecule has 17 heavy (non-hydrogen) atoms. The molecule has 90 valence electrons. The number of amides is 2. The monoisotopic (exact) mass is 235 g/mol. The molecule has 0 unspecified atom stereocenters. The van der Waals surface area contributed by atoms with E-state index < -0.39 is 5.97 Å². The van der Waals surface area contributed by atoms with Gasteiger partial charge in [0.15, 0.2) is 0 Å². The maximum absolute atomic E-state index is 11.5. The van der Waals surface area contributed by atoms with E-state index in [0.29, 0.717) is 25.3 Å². The lowest BCUT2D eigenvalue weighted by molar-refractivity contribution is 0.0696. The predicted molar refractivity (Wildman–Crippen MR) is 59.6 cm³/mol. The molecule has 2 N–H and O–H groups in total. The van der Waals surface area contributed by atoms with Crippen molar-refractivity contribution < 1.29 is 14.7 Å². The molecule has 0 spiro atoms. The van der Waals surface area contributed by atoms with Gasteiger partial charge in [0.05, 0.1) is 17.8 Å². The van der Waals surface area contributed by atoms with E-state index in [0.717, 1.165) is 6.42 Å². The van der Waals surface area contributed by atoms with E-state index in [-0.39, 0.29) is 11.6 Å². The zero-order valence-corrected chi connectivity index (χ0v) is 9.22. The van der Waals surface area contributed by atoms with Crippen LogP contribution in [0.5, 0.6) is 0 Å². The SMILES string of the molecule is O=C(O)c1ccnc(CN2CCCNC2=O)c1. The lowest BCUT2D eigenvalue weighted by Crippen LogP contribution is -2.45. The second kappa shape index (κ2) is 4.82. The average Bonchev–Trinajstić information content (AvgIpc) is 2.32. The van der Waals surface area contributed by atoms with E-state index in [9.17, 15) is 9.59 Å². The first-order chi connectivity index (χ1) is 8.16. The van der Waals surface area contributed by atoms with Crippen molar-refractivity contribution in [3.8, 4) is 0 Å². The summed E-state index contributed by atoms with van der Waals surface area (Å²) in [6.07, 6.45) is 2.34. The van der Waals surface area contributed by atoms with Gasteiger partial charge < -0.3 is 15.3 Å². The maximum atomic E-state index is 11.5. The van der Waals surface area contributed by atoms with Crippen LogP contribution in [-0.2, 0) is 6.54 Å². The third kappa shape index (κ3) is 2.72. The van der Waals surface area contributed by atoms with Crippen LogP contribution in [0.25, 0.3) is 0 Å². The highest BCUT2D eigenvalue weighted by molar-refractivity contribution is 5.87. The normalized spacial score (nSPS) is 15.5. The lowest BCUT2D eigenvalue weighted by Gasteiger charge is -2.27. The van der Waals surface area contributed by atoms with Crippen molar-refractivity contribution >= 4 is 12.0 Å². The molecule has 1 fully saturated rings. The fourth-order valence-corrected chi connectivity index (χ4v) is 1.72. The Morgan fingerprint density at radius 1 is 1.59 bits per heavy atom. The van der Waals surface area contributed by atoms with Crippen molar-refractivity contribution in [3.05, 3.63) is 29.6 Å². The van der Waals surface area contributed by atoms with Crippen molar-refractivity contribution in [1.29, 1.82) is 0 Å². The molecular formula is C11H13N3O3. The van der Waals surface area contributed by atoms with Gasteiger partial charge in [-0.3, -0.25) is 4.98 Å². The molecule has 2 amide bonds. The molecule has 0 aliphatic carbocycles. The Morgan fingerprint density at radius 2 is 2.41 bits per heavy atom. The zero-order valence-electron chi connectivity index (χ0n) is 9.22. The summed E-state index contributed by atoms with van der Waals surface area (Å²) >= 11 is 0. The first-order valence-corrected chi connectivity index (χ1v) is 5.38. The minimum atomic E-state index is -0.989. The summed E-state index contributed by atoms with van der Waals surface area (Å²) in [5.41, 5.74) is 0.773. The van der Waals surface area contributed by atoms with E-state index >= 15 is 0 Å². The number of hydrogen-bond acceptors (Lipinski definition) is 3. The van der Waals surface area contributed by atoms with Crippen LogP contribution in [0.2, 0.25) is 0 Å². The van der Waals surface area contributed by atoms with E-state index in [1.807, 2.05) is 0 Å². The second-order valence-electron chi connectivity index (χ2n) is 3.85. The number of aromatic nitrogens is 1. The summed E-state index contributed by atoms with van der Waals surface area (Å²) in [6.45, 7) is 1.70. The Kier molecular flexibility index (Phi) is 3.22. The largest absolute Gasteiger partial charge is 0.478 e. The van der Waals surface area contributed by atoms with Gasteiger partial charge in [-0.2, -0.15) is 0 Å². The van der Waals surface area contributed by atoms with Crippen LogP contribution in [0.15, 0.2) is 18.3 Å². The molecule has 2 heterocycles. The summed E-state index contributed by atoms with van der Waals surface area (Å²) in [4.78, 5) is 28.0. The Balaban J connectivity index is 2.09. The van der Waals surface area contributed by atoms with Gasteiger partial charge in [-0.15, -0.1) is 0 Å². The van der Waals surface area contributed by atoms with Gasteiger partial charge in [-0.05, 0) is 18.6 Å². The molecule has 0 aromatic carbocycles. The molecule has 6 heteroatoms. The quantitative estimate of drug-likeness (QED) is 0.807. The van der Waals surface area contributed by atoms with Gasteiger partial charge in [0, 0.05) is 19.3 Å². The summed E-state index contributed by atoms with van der Waals surface area (Å²) < 4.78 is 0. The molecule has 2 rings (SSSR count). The van der Waals surface area contributed by atoms with E-state index in [2.05, 4.69) is 10.3 Å². The van der Waals surface area contributed by atoms with Crippen LogP contribution in [-0.4, -0.2) is 40.1 Å².